The number of hydrogen-bond acceptors (Lipinski definition) is 5. The van der Waals surface area contributed by atoms with Crippen molar-refractivity contribution in [1.29, 1.82) is 0 Å². The Balaban J connectivity index is 1.85. The molecule has 0 aliphatic carbocycles. The van der Waals surface area contributed by atoms with Crippen LogP contribution in [-0.4, -0.2) is 44.1 Å². The number of nitrogens with zero attached hydrogens (tertiary/aromatic N) is 5. The number of halogens is 1. The summed E-state index contributed by atoms with van der Waals surface area (Å²) < 4.78 is 1.95. The molecule has 1 N–H and O–H groups in total. The van der Waals surface area contributed by atoms with E-state index in [1.807, 2.05) is 4.57 Å². The first kappa shape index (κ1) is 12.9. The van der Waals surface area contributed by atoms with Crippen LogP contribution in [0, 0.1) is 0 Å². The van der Waals surface area contributed by atoms with Crippen molar-refractivity contribution in [3.05, 3.63) is 35.0 Å². The first-order chi connectivity index (χ1) is 9.67. The highest BCUT2D eigenvalue weighted by Gasteiger charge is 2.23. The molecule has 7 nitrogen and oxygen atoms in total. The second kappa shape index (κ2) is 5.09. The van der Waals surface area contributed by atoms with Gasteiger partial charge in [0.05, 0.1) is 6.54 Å². The molecule has 0 atom stereocenters. The lowest BCUT2D eigenvalue weighted by Gasteiger charge is -2.27. The summed E-state index contributed by atoms with van der Waals surface area (Å²) in [6.07, 6.45) is 1.68. The van der Waals surface area contributed by atoms with E-state index in [-0.39, 0.29) is 5.91 Å². The summed E-state index contributed by atoms with van der Waals surface area (Å²) in [5, 5.41) is 11.0. The second-order valence-corrected chi connectivity index (χ2v) is 4.87. The zero-order valence-electron chi connectivity index (χ0n) is 10.9. The second-order valence-electron chi connectivity index (χ2n) is 4.48. The molecule has 0 radical (unpaired) electrons. The fourth-order valence-electron chi connectivity index (χ4n) is 2.17. The van der Waals surface area contributed by atoms with E-state index >= 15 is 0 Å². The molecule has 1 amide bonds. The van der Waals surface area contributed by atoms with Gasteiger partial charge in [0.1, 0.15) is 17.3 Å². The summed E-state index contributed by atoms with van der Waals surface area (Å²) in [4.78, 5) is 18.3. The third-order valence-electron chi connectivity index (χ3n) is 3.22. The van der Waals surface area contributed by atoms with E-state index in [2.05, 4.69) is 20.5 Å². The largest absolute Gasteiger partial charge is 0.373 e. The number of aromatic nitrogens is 4. The number of amides is 1. The Morgan fingerprint density at radius 1 is 1.40 bits per heavy atom. The van der Waals surface area contributed by atoms with E-state index in [1.54, 1.807) is 30.4 Å². The average molecular weight is 293 g/mol. The van der Waals surface area contributed by atoms with Crippen LogP contribution >= 0.6 is 11.6 Å². The molecule has 2 aromatic rings. The molecule has 0 saturated carbocycles. The highest BCUT2D eigenvalue weighted by molar-refractivity contribution is 6.29. The first-order valence-corrected chi connectivity index (χ1v) is 6.56. The third kappa shape index (κ3) is 2.32. The van der Waals surface area contributed by atoms with E-state index in [0.717, 1.165) is 5.82 Å². The Morgan fingerprint density at radius 2 is 2.25 bits per heavy atom. The summed E-state index contributed by atoms with van der Waals surface area (Å²) in [6, 6.07) is 3.26. The van der Waals surface area contributed by atoms with Gasteiger partial charge in [-0.15, -0.1) is 10.2 Å². The number of carbonyl (C=O) groups excluding carboxylic acids is 1. The quantitative estimate of drug-likeness (QED) is 0.837. The van der Waals surface area contributed by atoms with Gasteiger partial charge in [0, 0.05) is 25.7 Å². The smallest absolute Gasteiger partial charge is 0.254 e. The zero-order chi connectivity index (χ0) is 14.1. The van der Waals surface area contributed by atoms with Gasteiger partial charge in [-0.2, -0.15) is 0 Å². The number of fused-ring (bicyclic) bond motifs is 1. The molecule has 0 unspecified atom stereocenters. The van der Waals surface area contributed by atoms with Crippen LogP contribution in [0.1, 0.15) is 16.2 Å². The molecule has 1 aliphatic rings. The minimum absolute atomic E-state index is 0.0833. The molecule has 8 heteroatoms. The van der Waals surface area contributed by atoms with Gasteiger partial charge in [-0.05, 0) is 12.1 Å². The van der Waals surface area contributed by atoms with Crippen molar-refractivity contribution in [1.82, 2.24) is 24.6 Å². The summed E-state index contributed by atoms with van der Waals surface area (Å²) in [6.45, 7) is 1.78. The molecule has 0 saturated heterocycles. The van der Waals surface area contributed by atoms with Gasteiger partial charge >= 0.3 is 0 Å². The standard InChI is InChI=1S/C12H13ClN6O/c1-14-10-5-8(4-9(13)16-10)12(20)18-2-3-19-7-15-17-11(19)6-18/h4-5,7H,2-3,6H2,1H3,(H,14,16). The predicted molar refractivity (Wildman–Crippen MR) is 73.6 cm³/mol. The Labute approximate surface area is 120 Å². The third-order valence-corrected chi connectivity index (χ3v) is 3.42. The van der Waals surface area contributed by atoms with Gasteiger partial charge in [-0.25, -0.2) is 4.98 Å². The van der Waals surface area contributed by atoms with E-state index in [9.17, 15) is 4.79 Å². The monoisotopic (exact) mass is 292 g/mol. The molecule has 3 heterocycles. The fourth-order valence-corrected chi connectivity index (χ4v) is 2.38. The van der Waals surface area contributed by atoms with E-state index < -0.39 is 0 Å². The molecule has 0 aromatic carbocycles. The molecule has 0 spiro atoms. The van der Waals surface area contributed by atoms with E-state index in [1.165, 1.54) is 0 Å². The van der Waals surface area contributed by atoms with Crippen LogP contribution in [0.15, 0.2) is 18.5 Å². The number of pyridine rings is 1. The van der Waals surface area contributed by atoms with Gasteiger partial charge in [-0.3, -0.25) is 4.79 Å². The molecule has 104 valence electrons. The molecule has 20 heavy (non-hydrogen) atoms. The number of hydrogen-bond donors (Lipinski definition) is 1. The topological polar surface area (TPSA) is 75.9 Å². The summed E-state index contributed by atoms with van der Waals surface area (Å²) in [7, 11) is 1.73. The summed E-state index contributed by atoms with van der Waals surface area (Å²) in [5.41, 5.74) is 0.516. The van der Waals surface area contributed by atoms with Crippen LogP contribution in [0.3, 0.4) is 0 Å². The Bertz CT molecular complexity index is 655. The van der Waals surface area contributed by atoms with Crippen LogP contribution in [0.5, 0.6) is 0 Å². The van der Waals surface area contributed by atoms with Crippen molar-refractivity contribution in [3.8, 4) is 0 Å². The fraction of sp³-hybridized carbons (Fsp3) is 0.333. The van der Waals surface area contributed by atoms with Crippen molar-refractivity contribution in [3.63, 3.8) is 0 Å². The summed E-state index contributed by atoms with van der Waals surface area (Å²) >= 11 is 5.93. The van der Waals surface area contributed by atoms with Crippen molar-refractivity contribution in [2.24, 2.45) is 0 Å². The minimum Gasteiger partial charge on any atom is -0.373 e. The van der Waals surface area contributed by atoms with Crippen LogP contribution in [0.25, 0.3) is 0 Å². The van der Waals surface area contributed by atoms with Crippen molar-refractivity contribution in [2.75, 3.05) is 18.9 Å². The van der Waals surface area contributed by atoms with Crippen molar-refractivity contribution < 1.29 is 4.79 Å². The average Bonchev–Trinajstić information content (AvgIpc) is 2.93. The van der Waals surface area contributed by atoms with Gasteiger partial charge in [0.25, 0.3) is 5.91 Å². The van der Waals surface area contributed by atoms with Gasteiger partial charge in [0.15, 0.2) is 5.82 Å². The SMILES string of the molecule is CNc1cc(C(=O)N2CCn3cnnc3C2)cc(Cl)n1. The highest BCUT2D eigenvalue weighted by atomic mass is 35.5. The molecular formula is C12H13ClN6O. The molecule has 0 bridgehead atoms. The summed E-state index contributed by atoms with van der Waals surface area (Å²) in [5.74, 6) is 1.28. The maximum atomic E-state index is 12.5. The maximum absolute atomic E-state index is 12.5. The number of rotatable bonds is 2. The molecular weight excluding hydrogens is 280 g/mol. The van der Waals surface area contributed by atoms with Crippen molar-refractivity contribution >= 4 is 23.3 Å². The first-order valence-electron chi connectivity index (χ1n) is 6.18. The van der Waals surface area contributed by atoms with Crippen molar-refractivity contribution in [2.45, 2.75) is 13.1 Å². The number of carbonyl (C=O) groups is 1. The van der Waals surface area contributed by atoms with Gasteiger partial charge < -0.3 is 14.8 Å². The van der Waals surface area contributed by atoms with Crippen LogP contribution in [-0.2, 0) is 13.1 Å². The predicted octanol–water partition coefficient (Wildman–Crippen LogP) is 1.02. The Kier molecular flexibility index (Phi) is 3.27. The van der Waals surface area contributed by atoms with E-state index in [4.69, 9.17) is 11.6 Å². The van der Waals surface area contributed by atoms with Gasteiger partial charge in [-0.1, -0.05) is 11.6 Å². The lowest BCUT2D eigenvalue weighted by atomic mass is 10.2. The Hall–Kier alpha value is -2.15. The lowest BCUT2D eigenvalue weighted by molar-refractivity contribution is 0.0707. The van der Waals surface area contributed by atoms with Crippen LogP contribution in [0.2, 0.25) is 5.15 Å². The van der Waals surface area contributed by atoms with E-state index in [0.29, 0.717) is 36.2 Å². The highest BCUT2D eigenvalue weighted by Crippen LogP contribution is 2.18. The van der Waals surface area contributed by atoms with Gasteiger partial charge in [0.2, 0.25) is 0 Å². The van der Waals surface area contributed by atoms with Crippen LogP contribution in [0.4, 0.5) is 5.82 Å². The molecule has 2 aromatic heterocycles. The lowest BCUT2D eigenvalue weighted by Crippen LogP contribution is -2.38. The zero-order valence-corrected chi connectivity index (χ0v) is 11.6. The minimum atomic E-state index is -0.0833. The maximum Gasteiger partial charge on any atom is 0.254 e. The normalized spacial score (nSPS) is 14.0. The molecule has 3 rings (SSSR count). The molecule has 1 aliphatic heterocycles. The van der Waals surface area contributed by atoms with Crippen LogP contribution < -0.4 is 5.32 Å². The molecule has 0 fully saturated rings. The number of nitrogens with one attached hydrogen (secondary N) is 1. The number of anilines is 1. The Morgan fingerprint density at radius 3 is 3.05 bits per heavy atom.